The third-order valence-electron chi connectivity index (χ3n) is 2.62. The van der Waals surface area contributed by atoms with E-state index in [4.69, 9.17) is 0 Å². The van der Waals surface area contributed by atoms with Crippen LogP contribution >= 0.6 is 12.4 Å². The second-order valence-corrected chi connectivity index (χ2v) is 3.56. The fourth-order valence-electron chi connectivity index (χ4n) is 1.90. The van der Waals surface area contributed by atoms with Crippen molar-refractivity contribution in [2.45, 2.75) is 25.3 Å². The van der Waals surface area contributed by atoms with Crippen LogP contribution in [0.15, 0.2) is 24.3 Å². The van der Waals surface area contributed by atoms with Crippen molar-refractivity contribution in [3.8, 4) is 5.75 Å². The Bertz CT molecular complexity index is 284. The zero-order valence-corrected chi connectivity index (χ0v) is 8.89. The molecule has 1 heterocycles. The first-order valence-corrected chi connectivity index (χ1v) is 4.89. The van der Waals surface area contributed by atoms with Crippen molar-refractivity contribution in [3.63, 3.8) is 0 Å². The van der Waals surface area contributed by atoms with Crippen molar-refractivity contribution < 1.29 is 5.11 Å². The van der Waals surface area contributed by atoms with Crippen molar-refractivity contribution in [2.75, 3.05) is 6.54 Å². The molecule has 0 spiro atoms. The molecule has 0 unspecified atom stereocenters. The summed E-state index contributed by atoms with van der Waals surface area (Å²) in [4.78, 5) is 0. The SMILES string of the molecule is Cl.Oc1ccccc1[C@@H]1CCCCN1. The van der Waals surface area contributed by atoms with Crippen LogP contribution in [-0.4, -0.2) is 11.7 Å². The highest BCUT2D eigenvalue weighted by Gasteiger charge is 2.16. The standard InChI is InChI=1S/C11H15NO.ClH/c13-11-7-2-1-5-9(11)10-6-3-4-8-12-10;/h1-2,5,7,10,12-13H,3-4,6,8H2;1H/t10-;/m0./s1. The van der Waals surface area contributed by atoms with Crippen LogP contribution in [0, 0.1) is 0 Å². The van der Waals surface area contributed by atoms with Gasteiger partial charge in [-0.1, -0.05) is 24.6 Å². The third kappa shape index (κ3) is 2.40. The molecular weight excluding hydrogens is 198 g/mol. The van der Waals surface area contributed by atoms with Gasteiger partial charge in [0.2, 0.25) is 0 Å². The van der Waals surface area contributed by atoms with E-state index in [2.05, 4.69) is 5.32 Å². The van der Waals surface area contributed by atoms with Gasteiger partial charge in [-0.2, -0.15) is 0 Å². The Morgan fingerprint density at radius 2 is 2.00 bits per heavy atom. The van der Waals surface area contributed by atoms with Crippen molar-refractivity contribution in [1.29, 1.82) is 0 Å². The van der Waals surface area contributed by atoms with Crippen LogP contribution in [0.5, 0.6) is 5.75 Å². The molecule has 14 heavy (non-hydrogen) atoms. The molecule has 0 aromatic heterocycles. The summed E-state index contributed by atoms with van der Waals surface area (Å²) in [5.74, 6) is 0.418. The molecule has 1 atom stereocenters. The molecular formula is C11H16ClNO. The Balaban J connectivity index is 0.000000980. The van der Waals surface area contributed by atoms with E-state index in [-0.39, 0.29) is 12.4 Å². The number of phenolic OH excluding ortho intramolecular Hbond substituents is 1. The predicted molar refractivity (Wildman–Crippen MR) is 59.9 cm³/mol. The molecule has 1 aromatic carbocycles. The van der Waals surface area contributed by atoms with Gasteiger partial charge in [0.15, 0.2) is 0 Å². The van der Waals surface area contributed by atoms with E-state index in [1.165, 1.54) is 12.8 Å². The minimum Gasteiger partial charge on any atom is -0.508 e. The van der Waals surface area contributed by atoms with E-state index in [0.717, 1.165) is 18.5 Å². The van der Waals surface area contributed by atoms with E-state index < -0.39 is 0 Å². The molecule has 2 nitrogen and oxygen atoms in total. The summed E-state index contributed by atoms with van der Waals surface area (Å²) >= 11 is 0. The van der Waals surface area contributed by atoms with Crippen LogP contribution in [0.3, 0.4) is 0 Å². The quantitative estimate of drug-likeness (QED) is 0.752. The molecule has 1 fully saturated rings. The van der Waals surface area contributed by atoms with Crippen LogP contribution < -0.4 is 5.32 Å². The van der Waals surface area contributed by atoms with Gasteiger partial charge in [-0.25, -0.2) is 0 Å². The second-order valence-electron chi connectivity index (χ2n) is 3.56. The normalized spacial score (nSPS) is 21.3. The Kier molecular flexibility index (Phi) is 4.23. The monoisotopic (exact) mass is 213 g/mol. The molecule has 0 amide bonds. The van der Waals surface area contributed by atoms with E-state index in [1.807, 2.05) is 18.2 Å². The number of nitrogens with one attached hydrogen (secondary N) is 1. The minimum absolute atomic E-state index is 0. The average molecular weight is 214 g/mol. The second kappa shape index (κ2) is 5.23. The van der Waals surface area contributed by atoms with E-state index in [9.17, 15) is 5.11 Å². The van der Waals surface area contributed by atoms with Crippen LogP contribution in [0.25, 0.3) is 0 Å². The lowest BCUT2D eigenvalue weighted by atomic mass is 9.97. The van der Waals surface area contributed by atoms with Gasteiger partial charge in [0, 0.05) is 11.6 Å². The summed E-state index contributed by atoms with van der Waals surface area (Å²) in [7, 11) is 0. The Morgan fingerprint density at radius 3 is 2.64 bits per heavy atom. The van der Waals surface area contributed by atoms with Crippen molar-refractivity contribution in [2.24, 2.45) is 0 Å². The van der Waals surface area contributed by atoms with Gasteiger partial charge in [0.05, 0.1) is 0 Å². The highest BCUT2D eigenvalue weighted by atomic mass is 35.5. The van der Waals surface area contributed by atoms with Crippen molar-refractivity contribution in [3.05, 3.63) is 29.8 Å². The van der Waals surface area contributed by atoms with Crippen LogP contribution in [0.1, 0.15) is 30.9 Å². The molecule has 0 aliphatic carbocycles. The number of hydrogen-bond donors (Lipinski definition) is 2. The number of rotatable bonds is 1. The number of piperidine rings is 1. The van der Waals surface area contributed by atoms with E-state index >= 15 is 0 Å². The zero-order chi connectivity index (χ0) is 9.10. The summed E-state index contributed by atoms with van der Waals surface area (Å²) in [5.41, 5.74) is 1.04. The summed E-state index contributed by atoms with van der Waals surface area (Å²) in [6, 6.07) is 7.95. The van der Waals surface area contributed by atoms with Gasteiger partial charge < -0.3 is 10.4 Å². The highest BCUT2D eigenvalue weighted by Crippen LogP contribution is 2.28. The molecule has 1 aliphatic heterocycles. The fraction of sp³-hybridized carbons (Fsp3) is 0.455. The fourth-order valence-corrected chi connectivity index (χ4v) is 1.90. The summed E-state index contributed by atoms with van der Waals surface area (Å²) < 4.78 is 0. The molecule has 2 N–H and O–H groups in total. The number of hydrogen-bond acceptors (Lipinski definition) is 2. The smallest absolute Gasteiger partial charge is 0.120 e. The number of halogens is 1. The van der Waals surface area contributed by atoms with Gasteiger partial charge in [0.1, 0.15) is 5.75 Å². The Morgan fingerprint density at radius 1 is 1.21 bits per heavy atom. The third-order valence-corrected chi connectivity index (χ3v) is 2.62. The number of phenols is 1. The molecule has 2 rings (SSSR count). The first-order valence-electron chi connectivity index (χ1n) is 4.89. The topological polar surface area (TPSA) is 32.3 Å². The Hall–Kier alpha value is -0.730. The summed E-state index contributed by atoms with van der Waals surface area (Å²) in [5, 5.41) is 13.0. The van der Waals surface area contributed by atoms with Gasteiger partial charge >= 0.3 is 0 Å². The van der Waals surface area contributed by atoms with Crippen LogP contribution in [0.4, 0.5) is 0 Å². The van der Waals surface area contributed by atoms with Crippen LogP contribution in [-0.2, 0) is 0 Å². The van der Waals surface area contributed by atoms with E-state index in [1.54, 1.807) is 6.07 Å². The van der Waals surface area contributed by atoms with Gasteiger partial charge in [-0.15, -0.1) is 12.4 Å². The maximum absolute atomic E-state index is 9.62. The summed E-state index contributed by atoms with van der Waals surface area (Å²) in [6.45, 7) is 1.07. The number of benzene rings is 1. The molecule has 0 radical (unpaired) electrons. The molecule has 0 bridgehead atoms. The molecule has 1 aromatic rings. The number of aromatic hydroxyl groups is 1. The largest absolute Gasteiger partial charge is 0.508 e. The highest BCUT2D eigenvalue weighted by molar-refractivity contribution is 5.85. The lowest BCUT2D eigenvalue weighted by molar-refractivity contribution is 0.391. The molecule has 78 valence electrons. The maximum Gasteiger partial charge on any atom is 0.120 e. The maximum atomic E-state index is 9.62. The minimum atomic E-state index is 0. The molecule has 1 aliphatic rings. The van der Waals surface area contributed by atoms with Gasteiger partial charge in [0.25, 0.3) is 0 Å². The summed E-state index contributed by atoms with van der Waals surface area (Å²) in [6.07, 6.45) is 3.65. The number of para-hydroxylation sites is 1. The van der Waals surface area contributed by atoms with Crippen molar-refractivity contribution in [1.82, 2.24) is 5.32 Å². The first-order chi connectivity index (χ1) is 6.38. The zero-order valence-electron chi connectivity index (χ0n) is 8.07. The Labute approximate surface area is 90.7 Å². The lowest BCUT2D eigenvalue weighted by Gasteiger charge is -2.24. The van der Waals surface area contributed by atoms with Crippen LogP contribution in [0.2, 0.25) is 0 Å². The molecule has 3 heteroatoms. The van der Waals surface area contributed by atoms with Gasteiger partial charge in [-0.05, 0) is 25.5 Å². The average Bonchev–Trinajstić information content (AvgIpc) is 2.20. The van der Waals surface area contributed by atoms with Gasteiger partial charge in [-0.3, -0.25) is 0 Å². The first kappa shape index (κ1) is 11.3. The lowest BCUT2D eigenvalue weighted by Crippen LogP contribution is -2.26. The predicted octanol–water partition coefficient (Wildman–Crippen LogP) is 2.63. The van der Waals surface area contributed by atoms with E-state index in [0.29, 0.717) is 11.8 Å². The molecule has 0 saturated carbocycles. The molecule has 1 saturated heterocycles. The van der Waals surface area contributed by atoms with Crippen molar-refractivity contribution >= 4 is 12.4 Å².